The van der Waals surface area contributed by atoms with Crippen LogP contribution < -0.4 is 5.32 Å². The zero-order valence-electron chi connectivity index (χ0n) is 33.9. The normalized spacial score (nSPS) is 14.0. The topological polar surface area (TPSA) is 95.9 Å². The lowest BCUT2D eigenvalue weighted by Gasteiger charge is -2.24. The van der Waals surface area contributed by atoms with Gasteiger partial charge in [0.25, 0.3) is 0 Å². The second kappa shape index (κ2) is 39.8. The first kappa shape index (κ1) is 49.6. The maximum absolute atomic E-state index is 13.0. The van der Waals surface area contributed by atoms with Gasteiger partial charge < -0.3 is 20.3 Å². The third kappa shape index (κ3) is 34.6. The third-order valence-electron chi connectivity index (χ3n) is 9.41. The molecule has 0 bridgehead atoms. The molecular weight excluding hydrogens is 647 g/mol. The fourth-order valence-corrected chi connectivity index (χ4v) is 6.15. The maximum atomic E-state index is 13.0. The highest BCUT2D eigenvalue weighted by molar-refractivity contribution is 5.77. The molecule has 0 aromatic carbocycles. The first-order valence-electron chi connectivity index (χ1n) is 21.6. The SMILES string of the molecule is CC/C=C/C=C/C=C/C=C\CCCCCCCC(=O)OC(CCCCC/C=C\CCC)CC(=O)NC(CO)C(O)CCCCCCCCCCCC. The molecule has 0 aliphatic carbocycles. The maximum Gasteiger partial charge on any atom is 0.306 e. The monoisotopic (exact) mass is 728 g/mol. The van der Waals surface area contributed by atoms with Crippen molar-refractivity contribution in [1.82, 2.24) is 5.32 Å². The number of nitrogens with one attached hydrogen (secondary N) is 1. The summed E-state index contributed by atoms with van der Waals surface area (Å²) >= 11 is 0. The van der Waals surface area contributed by atoms with Gasteiger partial charge in [0.2, 0.25) is 5.91 Å². The standard InChI is InChI=1S/C46H81NO5/c1-4-7-10-13-16-19-21-22-23-24-25-27-30-33-36-39-46(51)52-42(37-34-31-28-18-15-12-9-6-3)40-45(50)47-43(41-48)44(49)38-35-32-29-26-20-17-14-11-8-5-2/h7,10,12-13,15-16,19,21-23,42-44,48-49H,4-6,8-9,11,14,17-18,20,24-41H2,1-3H3,(H,47,50)/b10-7+,15-12-,16-13+,21-19+,23-22-. The molecular formula is C46H81NO5. The number of aliphatic hydroxyl groups is 2. The van der Waals surface area contributed by atoms with Crippen molar-refractivity contribution in [2.45, 2.75) is 212 Å². The van der Waals surface area contributed by atoms with E-state index in [9.17, 15) is 19.8 Å². The molecule has 6 heteroatoms. The van der Waals surface area contributed by atoms with Crippen molar-refractivity contribution in [3.05, 3.63) is 60.8 Å². The average molecular weight is 728 g/mol. The number of rotatable bonds is 37. The van der Waals surface area contributed by atoms with Gasteiger partial charge in [0, 0.05) is 6.42 Å². The van der Waals surface area contributed by atoms with Gasteiger partial charge in [0.15, 0.2) is 0 Å². The van der Waals surface area contributed by atoms with Crippen molar-refractivity contribution in [2.24, 2.45) is 0 Å². The Morgan fingerprint density at radius 1 is 0.577 bits per heavy atom. The summed E-state index contributed by atoms with van der Waals surface area (Å²) < 4.78 is 5.85. The fourth-order valence-electron chi connectivity index (χ4n) is 6.15. The summed E-state index contributed by atoms with van der Waals surface area (Å²) in [7, 11) is 0. The summed E-state index contributed by atoms with van der Waals surface area (Å²) in [6.45, 7) is 6.23. The number of esters is 1. The van der Waals surface area contributed by atoms with Crippen LogP contribution in [0.15, 0.2) is 60.8 Å². The quantitative estimate of drug-likeness (QED) is 0.0256. The van der Waals surface area contributed by atoms with Crippen LogP contribution in [-0.4, -0.2) is 46.9 Å². The van der Waals surface area contributed by atoms with Crippen LogP contribution in [0.4, 0.5) is 0 Å². The number of ether oxygens (including phenoxy) is 1. The predicted octanol–water partition coefficient (Wildman–Crippen LogP) is 12.1. The van der Waals surface area contributed by atoms with Crippen LogP contribution >= 0.6 is 0 Å². The summed E-state index contributed by atoms with van der Waals surface area (Å²) in [5.74, 6) is -0.527. The minimum atomic E-state index is -0.794. The molecule has 6 nitrogen and oxygen atoms in total. The third-order valence-corrected chi connectivity index (χ3v) is 9.41. The number of carbonyl (C=O) groups excluding carboxylic acids is 2. The highest BCUT2D eigenvalue weighted by atomic mass is 16.5. The van der Waals surface area contributed by atoms with Crippen molar-refractivity contribution >= 4 is 11.9 Å². The molecule has 1 amide bonds. The van der Waals surface area contributed by atoms with Gasteiger partial charge in [0.1, 0.15) is 6.10 Å². The zero-order valence-corrected chi connectivity index (χ0v) is 33.9. The van der Waals surface area contributed by atoms with Crippen LogP contribution in [-0.2, 0) is 14.3 Å². The first-order chi connectivity index (χ1) is 25.5. The number of hydrogen-bond acceptors (Lipinski definition) is 5. The van der Waals surface area contributed by atoms with Gasteiger partial charge in [-0.3, -0.25) is 9.59 Å². The Morgan fingerprint density at radius 3 is 1.73 bits per heavy atom. The molecule has 0 aromatic rings. The highest BCUT2D eigenvalue weighted by Crippen LogP contribution is 2.17. The molecule has 52 heavy (non-hydrogen) atoms. The predicted molar refractivity (Wildman–Crippen MR) is 222 cm³/mol. The lowest BCUT2D eigenvalue weighted by molar-refractivity contribution is -0.151. The molecule has 0 aliphatic heterocycles. The molecule has 0 heterocycles. The Labute approximate surface area is 320 Å². The molecule has 3 atom stereocenters. The summed E-state index contributed by atoms with van der Waals surface area (Å²) in [5, 5.41) is 23.5. The largest absolute Gasteiger partial charge is 0.462 e. The van der Waals surface area contributed by atoms with E-state index in [4.69, 9.17) is 4.74 Å². The number of allylic oxidation sites excluding steroid dienone is 10. The average Bonchev–Trinajstić information content (AvgIpc) is 3.13. The summed E-state index contributed by atoms with van der Waals surface area (Å²) in [5.41, 5.74) is 0. The van der Waals surface area contributed by atoms with Crippen molar-refractivity contribution in [2.75, 3.05) is 6.61 Å². The number of amides is 1. The van der Waals surface area contributed by atoms with E-state index in [1.165, 1.54) is 44.9 Å². The second-order valence-electron chi connectivity index (χ2n) is 14.4. The van der Waals surface area contributed by atoms with E-state index in [2.05, 4.69) is 68.6 Å². The molecule has 0 radical (unpaired) electrons. The van der Waals surface area contributed by atoms with Crippen molar-refractivity contribution in [3.63, 3.8) is 0 Å². The molecule has 0 aliphatic rings. The minimum absolute atomic E-state index is 0.0541. The Hall–Kier alpha value is -2.44. The van der Waals surface area contributed by atoms with Crippen molar-refractivity contribution < 1.29 is 24.5 Å². The fraction of sp³-hybridized carbons (Fsp3) is 0.739. The number of aliphatic hydroxyl groups excluding tert-OH is 2. The van der Waals surface area contributed by atoms with Gasteiger partial charge in [-0.05, 0) is 64.2 Å². The van der Waals surface area contributed by atoms with Crippen LogP contribution in [0.5, 0.6) is 0 Å². The van der Waals surface area contributed by atoms with Crippen LogP contribution in [0.1, 0.15) is 194 Å². The van der Waals surface area contributed by atoms with Crippen LogP contribution in [0, 0.1) is 0 Å². The lowest BCUT2D eigenvalue weighted by Crippen LogP contribution is -2.46. The molecule has 0 spiro atoms. The van der Waals surface area contributed by atoms with Crippen molar-refractivity contribution in [1.29, 1.82) is 0 Å². The zero-order chi connectivity index (χ0) is 38.2. The van der Waals surface area contributed by atoms with Gasteiger partial charge >= 0.3 is 5.97 Å². The molecule has 0 saturated heterocycles. The van der Waals surface area contributed by atoms with E-state index in [1.54, 1.807) is 0 Å². The molecule has 3 unspecified atom stereocenters. The molecule has 0 fully saturated rings. The number of hydrogen-bond donors (Lipinski definition) is 3. The first-order valence-corrected chi connectivity index (χ1v) is 21.6. The summed E-state index contributed by atoms with van der Waals surface area (Å²) in [4.78, 5) is 25.8. The smallest absolute Gasteiger partial charge is 0.306 e. The summed E-state index contributed by atoms with van der Waals surface area (Å²) in [6.07, 6.45) is 47.1. The van der Waals surface area contributed by atoms with Gasteiger partial charge in [-0.15, -0.1) is 0 Å². The number of unbranched alkanes of at least 4 members (excludes halogenated alkanes) is 18. The Morgan fingerprint density at radius 2 is 1.10 bits per heavy atom. The van der Waals surface area contributed by atoms with Gasteiger partial charge in [-0.25, -0.2) is 0 Å². The van der Waals surface area contributed by atoms with Gasteiger partial charge in [0.05, 0.1) is 25.2 Å². The molecule has 0 aromatic heterocycles. The Kier molecular flexibility index (Phi) is 37.9. The van der Waals surface area contributed by atoms with E-state index in [-0.39, 0.29) is 24.9 Å². The number of carbonyl (C=O) groups is 2. The Balaban J connectivity index is 4.57. The Bertz CT molecular complexity index is 952. The van der Waals surface area contributed by atoms with Crippen LogP contribution in [0.25, 0.3) is 0 Å². The van der Waals surface area contributed by atoms with Gasteiger partial charge in [-0.2, -0.15) is 0 Å². The lowest BCUT2D eigenvalue weighted by atomic mass is 10.0. The molecule has 300 valence electrons. The van der Waals surface area contributed by atoms with E-state index in [0.717, 1.165) is 103 Å². The highest BCUT2D eigenvalue weighted by Gasteiger charge is 2.24. The molecule has 0 rings (SSSR count). The summed E-state index contributed by atoms with van der Waals surface area (Å²) in [6, 6.07) is -0.709. The minimum Gasteiger partial charge on any atom is -0.462 e. The van der Waals surface area contributed by atoms with E-state index < -0.39 is 18.2 Å². The van der Waals surface area contributed by atoms with Crippen LogP contribution in [0.2, 0.25) is 0 Å². The molecule has 0 saturated carbocycles. The molecule has 3 N–H and O–H groups in total. The van der Waals surface area contributed by atoms with Crippen LogP contribution in [0.3, 0.4) is 0 Å². The van der Waals surface area contributed by atoms with Crippen molar-refractivity contribution in [3.8, 4) is 0 Å². The second-order valence-corrected chi connectivity index (χ2v) is 14.4. The van der Waals surface area contributed by atoms with E-state index in [0.29, 0.717) is 19.3 Å². The van der Waals surface area contributed by atoms with E-state index in [1.807, 2.05) is 18.2 Å². The van der Waals surface area contributed by atoms with Gasteiger partial charge in [-0.1, -0.05) is 178 Å². The van der Waals surface area contributed by atoms with E-state index >= 15 is 0 Å².